The highest BCUT2D eigenvalue weighted by atomic mass is 19.4. The first-order valence-corrected chi connectivity index (χ1v) is 9.87. The van der Waals surface area contributed by atoms with Crippen molar-refractivity contribution < 1.29 is 22.7 Å². The van der Waals surface area contributed by atoms with Crippen LogP contribution in [0.1, 0.15) is 36.6 Å². The number of aromatic nitrogens is 2. The number of hydrogen-bond acceptors (Lipinski definition) is 4. The zero-order valence-corrected chi connectivity index (χ0v) is 17.8. The van der Waals surface area contributed by atoms with Gasteiger partial charge in [-0.2, -0.15) is 13.2 Å². The maximum Gasteiger partial charge on any atom is 0.433 e. The van der Waals surface area contributed by atoms with Crippen molar-refractivity contribution >= 4 is 22.6 Å². The predicted molar refractivity (Wildman–Crippen MR) is 113 cm³/mol. The van der Waals surface area contributed by atoms with Gasteiger partial charge in [0, 0.05) is 42.8 Å². The largest absolute Gasteiger partial charge is 0.497 e. The van der Waals surface area contributed by atoms with Crippen LogP contribution in [0, 0.1) is 0 Å². The summed E-state index contributed by atoms with van der Waals surface area (Å²) >= 11 is 0. The van der Waals surface area contributed by atoms with Crippen molar-refractivity contribution in [1.29, 1.82) is 0 Å². The Morgan fingerprint density at radius 3 is 2.65 bits per heavy atom. The van der Waals surface area contributed by atoms with Gasteiger partial charge in [0.05, 0.1) is 13.0 Å². The number of aryl methyl sites for hydroxylation is 1. The van der Waals surface area contributed by atoms with Crippen LogP contribution in [0.3, 0.4) is 0 Å². The lowest BCUT2D eigenvalue weighted by atomic mass is 9.99. The summed E-state index contributed by atoms with van der Waals surface area (Å²) in [6, 6.07) is 7.93. The zero-order valence-electron chi connectivity index (χ0n) is 17.8. The van der Waals surface area contributed by atoms with E-state index in [4.69, 9.17) is 4.74 Å². The minimum Gasteiger partial charge on any atom is -0.497 e. The van der Waals surface area contributed by atoms with Gasteiger partial charge in [0.15, 0.2) is 0 Å². The molecule has 0 radical (unpaired) electrons. The molecule has 166 valence electrons. The van der Waals surface area contributed by atoms with Crippen LogP contribution in [0.15, 0.2) is 36.5 Å². The fourth-order valence-corrected chi connectivity index (χ4v) is 3.46. The number of ether oxygens (including phenoxy) is 1. The molecular formula is C22H25F3N4O2. The molecule has 3 rings (SSSR count). The number of rotatable bonds is 7. The number of alkyl halides is 3. The van der Waals surface area contributed by atoms with E-state index in [9.17, 15) is 18.0 Å². The normalized spacial score (nSPS) is 12.6. The molecule has 0 spiro atoms. The number of hydrogen-bond donors (Lipinski definition) is 2. The van der Waals surface area contributed by atoms with Crippen molar-refractivity contribution in [2.75, 3.05) is 19.0 Å². The van der Waals surface area contributed by atoms with Gasteiger partial charge in [-0.3, -0.25) is 4.79 Å². The summed E-state index contributed by atoms with van der Waals surface area (Å²) < 4.78 is 46.1. The van der Waals surface area contributed by atoms with Crippen LogP contribution in [0.25, 0.3) is 10.9 Å². The molecule has 0 fully saturated rings. The number of halogens is 3. The van der Waals surface area contributed by atoms with E-state index in [-0.39, 0.29) is 18.3 Å². The number of nitrogens with one attached hydrogen (secondary N) is 2. The highest BCUT2D eigenvalue weighted by molar-refractivity contribution is 5.92. The van der Waals surface area contributed by atoms with Crippen LogP contribution >= 0.6 is 0 Å². The van der Waals surface area contributed by atoms with Gasteiger partial charge in [0.1, 0.15) is 17.3 Å². The Morgan fingerprint density at radius 1 is 1.26 bits per heavy atom. The summed E-state index contributed by atoms with van der Waals surface area (Å²) in [5.74, 6) is 0.0947. The molecule has 9 heteroatoms. The van der Waals surface area contributed by atoms with Crippen LogP contribution in [-0.4, -0.2) is 29.1 Å². The van der Waals surface area contributed by atoms with E-state index in [1.165, 1.54) is 6.07 Å². The van der Waals surface area contributed by atoms with Gasteiger partial charge < -0.3 is 19.9 Å². The average molecular weight is 434 g/mol. The molecule has 2 aromatic heterocycles. The molecular weight excluding hydrogens is 409 g/mol. The van der Waals surface area contributed by atoms with E-state index in [0.717, 1.165) is 22.5 Å². The standard InChI is InChI=1S/C22H25F3N4O2/c1-5-26-20-14(6-9-19(28-20)22(23,24)25)11-27-21(30)13(2)17-12-29(3)18-8-7-15(31-4)10-16(17)18/h6-10,12-13H,5,11H2,1-4H3,(H,26,28)(H,27,30). The van der Waals surface area contributed by atoms with Crippen molar-refractivity contribution in [2.24, 2.45) is 7.05 Å². The monoisotopic (exact) mass is 434 g/mol. The van der Waals surface area contributed by atoms with Crippen LogP contribution in [0.2, 0.25) is 0 Å². The van der Waals surface area contributed by atoms with E-state index < -0.39 is 17.8 Å². The van der Waals surface area contributed by atoms with Crippen molar-refractivity contribution in [3.63, 3.8) is 0 Å². The van der Waals surface area contributed by atoms with Crippen LogP contribution in [-0.2, 0) is 24.6 Å². The molecule has 2 N–H and O–H groups in total. The molecule has 0 aliphatic heterocycles. The first-order chi connectivity index (χ1) is 14.7. The highest BCUT2D eigenvalue weighted by Gasteiger charge is 2.33. The Bertz CT molecular complexity index is 1090. The highest BCUT2D eigenvalue weighted by Crippen LogP contribution is 2.31. The van der Waals surface area contributed by atoms with Crippen LogP contribution < -0.4 is 15.4 Å². The third-order valence-electron chi connectivity index (χ3n) is 5.15. The summed E-state index contributed by atoms with van der Waals surface area (Å²) in [7, 11) is 3.49. The smallest absolute Gasteiger partial charge is 0.433 e. The van der Waals surface area contributed by atoms with Gasteiger partial charge in [-0.25, -0.2) is 4.98 Å². The zero-order chi connectivity index (χ0) is 22.8. The molecule has 1 amide bonds. The molecule has 6 nitrogen and oxygen atoms in total. The average Bonchev–Trinajstić information content (AvgIpc) is 3.07. The fourth-order valence-electron chi connectivity index (χ4n) is 3.46. The van der Waals surface area contributed by atoms with Gasteiger partial charge in [-0.1, -0.05) is 6.07 Å². The number of nitrogens with zero attached hydrogens (tertiary/aromatic N) is 2. The first-order valence-electron chi connectivity index (χ1n) is 9.87. The second-order valence-electron chi connectivity index (χ2n) is 7.25. The SMILES string of the molecule is CCNc1nc(C(F)(F)F)ccc1CNC(=O)C(C)c1cn(C)c2ccc(OC)cc12. The number of fused-ring (bicyclic) bond motifs is 1. The van der Waals surface area contributed by atoms with Gasteiger partial charge in [0.2, 0.25) is 5.91 Å². The van der Waals surface area contributed by atoms with Gasteiger partial charge in [-0.05, 0) is 43.7 Å². The number of benzene rings is 1. The van der Waals surface area contributed by atoms with Gasteiger partial charge >= 0.3 is 6.18 Å². The van der Waals surface area contributed by atoms with E-state index >= 15 is 0 Å². The molecule has 0 aliphatic rings. The third-order valence-corrected chi connectivity index (χ3v) is 5.15. The summed E-state index contributed by atoms with van der Waals surface area (Å²) in [6.45, 7) is 4.02. The maximum atomic E-state index is 13.0. The van der Waals surface area contributed by atoms with Gasteiger partial charge in [0.25, 0.3) is 0 Å². The molecule has 0 aliphatic carbocycles. The number of carbonyl (C=O) groups is 1. The Kier molecular flexibility index (Phi) is 6.42. The number of methoxy groups -OCH3 is 1. The Labute approximate surface area is 178 Å². The van der Waals surface area contributed by atoms with E-state index in [1.54, 1.807) is 21.0 Å². The molecule has 0 bridgehead atoms. The topological polar surface area (TPSA) is 68.2 Å². The predicted octanol–water partition coefficient (Wildman–Crippen LogP) is 4.45. The van der Waals surface area contributed by atoms with Crippen LogP contribution in [0.5, 0.6) is 5.75 Å². The quantitative estimate of drug-likeness (QED) is 0.577. The maximum absolute atomic E-state index is 13.0. The molecule has 1 unspecified atom stereocenters. The molecule has 1 atom stereocenters. The lowest BCUT2D eigenvalue weighted by Crippen LogP contribution is -2.28. The lowest BCUT2D eigenvalue weighted by Gasteiger charge is -2.16. The fraction of sp³-hybridized carbons (Fsp3) is 0.364. The molecule has 31 heavy (non-hydrogen) atoms. The van der Waals surface area contributed by atoms with E-state index in [0.29, 0.717) is 17.9 Å². The molecule has 3 aromatic rings. The minimum absolute atomic E-state index is 0.0602. The first kappa shape index (κ1) is 22.5. The van der Waals surface area contributed by atoms with Gasteiger partial charge in [-0.15, -0.1) is 0 Å². The summed E-state index contributed by atoms with van der Waals surface area (Å²) in [4.78, 5) is 16.5. The number of amides is 1. The Hall–Kier alpha value is -3.23. The second-order valence-corrected chi connectivity index (χ2v) is 7.25. The molecule has 0 saturated carbocycles. The second kappa shape index (κ2) is 8.87. The lowest BCUT2D eigenvalue weighted by molar-refractivity contribution is -0.141. The summed E-state index contributed by atoms with van der Waals surface area (Å²) in [5.41, 5.74) is 1.31. The minimum atomic E-state index is -4.53. The van der Waals surface area contributed by atoms with Crippen molar-refractivity contribution in [3.05, 3.63) is 53.3 Å². The third kappa shape index (κ3) is 4.76. The van der Waals surface area contributed by atoms with E-state index in [1.807, 2.05) is 36.0 Å². The molecule has 0 saturated heterocycles. The van der Waals surface area contributed by atoms with E-state index in [2.05, 4.69) is 15.6 Å². The Morgan fingerprint density at radius 2 is 2.00 bits per heavy atom. The summed E-state index contributed by atoms with van der Waals surface area (Å²) in [6.07, 6.45) is -2.63. The molecule has 2 heterocycles. The summed E-state index contributed by atoms with van der Waals surface area (Å²) in [5, 5.41) is 6.56. The van der Waals surface area contributed by atoms with Crippen molar-refractivity contribution in [1.82, 2.24) is 14.9 Å². The Balaban J connectivity index is 1.80. The van der Waals surface area contributed by atoms with Crippen molar-refractivity contribution in [2.45, 2.75) is 32.5 Å². The number of pyridine rings is 1. The number of carbonyl (C=O) groups excluding carboxylic acids is 1. The molecule has 1 aromatic carbocycles. The number of anilines is 1. The van der Waals surface area contributed by atoms with Crippen molar-refractivity contribution in [3.8, 4) is 5.75 Å². The van der Waals surface area contributed by atoms with Crippen LogP contribution in [0.4, 0.5) is 19.0 Å².